The van der Waals surface area contributed by atoms with Crippen LogP contribution >= 0.6 is 0 Å². The molecule has 104 valence electrons. The predicted molar refractivity (Wildman–Crippen MR) is 65.3 cm³/mol. The number of aromatic nitrogens is 2. The van der Waals surface area contributed by atoms with E-state index in [0.29, 0.717) is 11.3 Å². The van der Waals surface area contributed by atoms with E-state index in [1.165, 1.54) is 10.9 Å². The molecular formula is C11H16N4O4. The van der Waals surface area contributed by atoms with Crippen LogP contribution in [0.3, 0.4) is 0 Å². The van der Waals surface area contributed by atoms with E-state index in [1.807, 2.05) is 0 Å². The third-order valence-corrected chi connectivity index (χ3v) is 2.76. The zero-order valence-corrected chi connectivity index (χ0v) is 10.7. The van der Waals surface area contributed by atoms with E-state index in [2.05, 4.69) is 10.4 Å². The van der Waals surface area contributed by atoms with Crippen molar-refractivity contribution >= 4 is 17.8 Å². The van der Waals surface area contributed by atoms with Gasteiger partial charge < -0.3 is 16.2 Å². The summed E-state index contributed by atoms with van der Waals surface area (Å²) in [6, 6.07) is -1.15. The number of nitrogens with zero attached hydrogens (tertiary/aromatic N) is 2. The molecule has 0 aliphatic carbocycles. The van der Waals surface area contributed by atoms with Gasteiger partial charge in [-0.25, -0.2) is 4.79 Å². The highest BCUT2D eigenvalue weighted by Gasteiger charge is 2.22. The molecule has 0 aliphatic rings. The summed E-state index contributed by atoms with van der Waals surface area (Å²) in [7, 11) is 1.67. The first-order valence-corrected chi connectivity index (χ1v) is 5.63. The Balaban J connectivity index is 2.74. The average Bonchev–Trinajstić information content (AvgIpc) is 2.64. The normalized spacial score (nSPS) is 11.9. The maximum atomic E-state index is 11.9. The highest BCUT2D eigenvalue weighted by atomic mass is 16.4. The number of aryl methyl sites for hydroxylation is 1. The molecule has 1 aromatic heterocycles. The van der Waals surface area contributed by atoms with Crippen LogP contribution in [0.25, 0.3) is 0 Å². The molecule has 8 heteroatoms. The Kier molecular flexibility index (Phi) is 4.62. The molecule has 2 amide bonds. The van der Waals surface area contributed by atoms with Crippen molar-refractivity contribution in [1.29, 1.82) is 0 Å². The lowest BCUT2D eigenvalue weighted by Gasteiger charge is -2.13. The number of carboxylic acids is 1. The molecule has 0 saturated heterocycles. The number of nitrogens with two attached hydrogens (primary N) is 1. The van der Waals surface area contributed by atoms with Crippen LogP contribution in [0.4, 0.5) is 0 Å². The van der Waals surface area contributed by atoms with Crippen molar-refractivity contribution in [3.63, 3.8) is 0 Å². The first kappa shape index (κ1) is 14.7. The zero-order valence-electron chi connectivity index (χ0n) is 10.7. The third kappa shape index (κ3) is 3.80. The standard InChI is InChI=1S/C11H16N4O4/c1-6-7(5-13-15(6)2)10(17)14-8(11(18)19)3-4-9(12)16/h5,8H,3-4H2,1-2H3,(H2,12,16)(H,14,17)(H,18,19)/t8-/m1/s1. The number of aliphatic carboxylic acids is 1. The zero-order chi connectivity index (χ0) is 14.6. The number of carbonyl (C=O) groups excluding carboxylic acids is 2. The van der Waals surface area contributed by atoms with Gasteiger partial charge in [-0.2, -0.15) is 5.10 Å². The molecule has 1 heterocycles. The summed E-state index contributed by atoms with van der Waals surface area (Å²) in [6.45, 7) is 1.70. The first-order valence-electron chi connectivity index (χ1n) is 5.63. The maximum Gasteiger partial charge on any atom is 0.326 e. The summed E-state index contributed by atoms with van der Waals surface area (Å²) in [5.41, 5.74) is 5.87. The van der Waals surface area contributed by atoms with Gasteiger partial charge in [-0.3, -0.25) is 14.3 Å². The molecule has 0 spiro atoms. The number of hydrogen-bond donors (Lipinski definition) is 3. The number of carbonyl (C=O) groups is 3. The van der Waals surface area contributed by atoms with Crippen molar-refractivity contribution in [2.24, 2.45) is 12.8 Å². The van der Waals surface area contributed by atoms with Gasteiger partial charge in [-0.15, -0.1) is 0 Å². The largest absolute Gasteiger partial charge is 0.480 e. The minimum Gasteiger partial charge on any atom is -0.480 e. The average molecular weight is 268 g/mol. The smallest absolute Gasteiger partial charge is 0.326 e. The summed E-state index contributed by atoms with van der Waals surface area (Å²) in [5.74, 6) is -2.36. The second-order valence-corrected chi connectivity index (χ2v) is 4.14. The van der Waals surface area contributed by atoms with E-state index in [0.717, 1.165) is 0 Å². The molecule has 0 bridgehead atoms. The summed E-state index contributed by atoms with van der Waals surface area (Å²) < 4.78 is 1.51. The Bertz CT molecular complexity index is 509. The Hall–Kier alpha value is -2.38. The highest BCUT2D eigenvalue weighted by molar-refractivity contribution is 5.97. The molecule has 1 rings (SSSR count). The fourth-order valence-electron chi connectivity index (χ4n) is 1.50. The molecule has 0 radical (unpaired) electrons. The Morgan fingerprint density at radius 3 is 2.58 bits per heavy atom. The number of primary amides is 1. The molecule has 0 unspecified atom stereocenters. The van der Waals surface area contributed by atoms with Crippen molar-refractivity contribution < 1.29 is 19.5 Å². The van der Waals surface area contributed by atoms with Crippen LogP contribution in [-0.4, -0.2) is 38.7 Å². The number of rotatable bonds is 6. The lowest BCUT2D eigenvalue weighted by Crippen LogP contribution is -2.41. The summed E-state index contributed by atoms with van der Waals surface area (Å²) in [4.78, 5) is 33.5. The molecule has 1 aromatic rings. The second kappa shape index (κ2) is 5.98. The number of carboxylic acid groups (broad SMARTS) is 1. The van der Waals surface area contributed by atoms with E-state index < -0.39 is 23.8 Å². The van der Waals surface area contributed by atoms with Crippen LogP contribution in [-0.2, 0) is 16.6 Å². The van der Waals surface area contributed by atoms with E-state index in [9.17, 15) is 14.4 Å². The Labute approximate surface area is 109 Å². The van der Waals surface area contributed by atoms with Crippen molar-refractivity contribution in [2.45, 2.75) is 25.8 Å². The van der Waals surface area contributed by atoms with Crippen LogP contribution in [0, 0.1) is 6.92 Å². The van der Waals surface area contributed by atoms with E-state index in [1.54, 1.807) is 14.0 Å². The quantitative estimate of drug-likeness (QED) is 0.621. The fraction of sp³-hybridized carbons (Fsp3) is 0.455. The maximum absolute atomic E-state index is 11.9. The number of amides is 2. The molecule has 19 heavy (non-hydrogen) atoms. The fourth-order valence-corrected chi connectivity index (χ4v) is 1.50. The van der Waals surface area contributed by atoms with Crippen LogP contribution in [0.2, 0.25) is 0 Å². The van der Waals surface area contributed by atoms with Gasteiger partial charge in [0, 0.05) is 19.2 Å². The van der Waals surface area contributed by atoms with Crippen molar-refractivity contribution in [3.05, 3.63) is 17.5 Å². The van der Waals surface area contributed by atoms with Gasteiger partial charge >= 0.3 is 5.97 Å². The monoisotopic (exact) mass is 268 g/mol. The molecular weight excluding hydrogens is 252 g/mol. The Morgan fingerprint density at radius 1 is 1.53 bits per heavy atom. The first-order chi connectivity index (χ1) is 8.82. The SMILES string of the molecule is Cc1c(C(=O)N[C@H](CCC(N)=O)C(=O)O)cnn1C. The number of nitrogens with one attached hydrogen (secondary N) is 1. The van der Waals surface area contributed by atoms with Gasteiger partial charge in [0.2, 0.25) is 5.91 Å². The van der Waals surface area contributed by atoms with Crippen molar-refractivity contribution in [3.8, 4) is 0 Å². The van der Waals surface area contributed by atoms with Gasteiger partial charge in [-0.1, -0.05) is 0 Å². The lowest BCUT2D eigenvalue weighted by molar-refractivity contribution is -0.139. The summed E-state index contributed by atoms with van der Waals surface area (Å²) in [5, 5.41) is 15.2. The van der Waals surface area contributed by atoms with Gasteiger partial charge in [0.05, 0.1) is 11.8 Å². The van der Waals surface area contributed by atoms with Crippen LogP contribution < -0.4 is 11.1 Å². The summed E-state index contributed by atoms with van der Waals surface area (Å²) in [6.07, 6.45) is 1.21. The van der Waals surface area contributed by atoms with Crippen LogP contribution in [0.1, 0.15) is 28.9 Å². The topological polar surface area (TPSA) is 127 Å². The second-order valence-electron chi connectivity index (χ2n) is 4.14. The van der Waals surface area contributed by atoms with Gasteiger partial charge in [0.15, 0.2) is 0 Å². The van der Waals surface area contributed by atoms with E-state index in [-0.39, 0.29) is 12.8 Å². The van der Waals surface area contributed by atoms with Gasteiger partial charge in [-0.05, 0) is 13.3 Å². The molecule has 0 fully saturated rings. The number of hydrogen-bond acceptors (Lipinski definition) is 4. The predicted octanol–water partition coefficient (Wildman–Crippen LogP) is -0.823. The minimum atomic E-state index is -1.21. The Morgan fingerprint density at radius 2 is 2.16 bits per heavy atom. The minimum absolute atomic E-state index is 0.0459. The molecule has 8 nitrogen and oxygen atoms in total. The molecule has 4 N–H and O–H groups in total. The molecule has 0 aliphatic heterocycles. The van der Waals surface area contributed by atoms with E-state index in [4.69, 9.17) is 10.8 Å². The molecule has 1 atom stereocenters. The van der Waals surface area contributed by atoms with Gasteiger partial charge in [0.1, 0.15) is 6.04 Å². The van der Waals surface area contributed by atoms with Crippen LogP contribution in [0.15, 0.2) is 6.20 Å². The third-order valence-electron chi connectivity index (χ3n) is 2.76. The molecule has 0 aromatic carbocycles. The molecule has 0 saturated carbocycles. The summed E-state index contributed by atoms with van der Waals surface area (Å²) >= 11 is 0. The highest BCUT2D eigenvalue weighted by Crippen LogP contribution is 2.07. The lowest BCUT2D eigenvalue weighted by atomic mass is 10.1. The van der Waals surface area contributed by atoms with E-state index >= 15 is 0 Å². The van der Waals surface area contributed by atoms with Crippen molar-refractivity contribution in [1.82, 2.24) is 15.1 Å². The van der Waals surface area contributed by atoms with Crippen LogP contribution in [0.5, 0.6) is 0 Å². The van der Waals surface area contributed by atoms with Crippen molar-refractivity contribution in [2.75, 3.05) is 0 Å². The van der Waals surface area contributed by atoms with Gasteiger partial charge in [0.25, 0.3) is 5.91 Å².